The summed E-state index contributed by atoms with van der Waals surface area (Å²) in [5.41, 5.74) is 4.28. The molecule has 1 heterocycles. The molecule has 6 nitrogen and oxygen atoms in total. The molecule has 0 spiro atoms. The summed E-state index contributed by atoms with van der Waals surface area (Å²) < 4.78 is 0. The van der Waals surface area contributed by atoms with Gasteiger partial charge in [0, 0.05) is 43.8 Å². The molecule has 24 heavy (non-hydrogen) atoms. The Bertz CT molecular complexity index is 520. The molecule has 2 aliphatic rings. The van der Waals surface area contributed by atoms with Crippen LogP contribution in [0.15, 0.2) is 24.3 Å². The second kappa shape index (κ2) is 8.46. The van der Waals surface area contributed by atoms with Crippen LogP contribution in [0.5, 0.6) is 0 Å². The molecule has 2 fully saturated rings. The van der Waals surface area contributed by atoms with Gasteiger partial charge in [-0.3, -0.25) is 20.0 Å². The molecular weight excluding hydrogens is 304 g/mol. The highest BCUT2D eigenvalue weighted by atomic mass is 16.6. The van der Waals surface area contributed by atoms with Crippen LogP contribution in [0, 0.1) is 0 Å². The van der Waals surface area contributed by atoms with Crippen LogP contribution in [0.2, 0.25) is 0 Å². The van der Waals surface area contributed by atoms with Gasteiger partial charge in [0.15, 0.2) is 0 Å². The first-order chi connectivity index (χ1) is 11.8. The molecule has 0 atom stereocenters. The third kappa shape index (κ3) is 4.47. The molecule has 1 saturated carbocycles. The fourth-order valence-electron chi connectivity index (χ4n) is 3.71. The van der Waals surface area contributed by atoms with E-state index in [0.717, 1.165) is 44.7 Å². The van der Waals surface area contributed by atoms with Crippen molar-refractivity contribution in [2.24, 2.45) is 0 Å². The molecule has 3 N–H and O–H groups in total. The van der Waals surface area contributed by atoms with Crippen LogP contribution in [0.25, 0.3) is 0 Å². The van der Waals surface area contributed by atoms with Crippen molar-refractivity contribution in [3.8, 4) is 0 Å². The van der Waals surface area contributed by atoms with Crippen LogP contribution in [0.4, 0.5) is 5.69 Å². The van der Waals surface area contributed by atoms with Crippen molar-refractivity contribution in [3.05, 3.63) is 29.8 Å². The summed E-state index contributed by atoms with van der Waals surface area (Å²) in [6, 6.07) is 8.33. The molecule has 0 radical (unpaired) electrons. The monoisotopic (exact) mass is 332 g/mol. The Kier molecular flexibility index (Phi) is 6.07. The van der Waals surface area contributed by atoms with Gasteiger partial charge in [-0.05, 0) is 49.9 Å². The molecule has 6 heteroatoms. The number of hydrogen-bond acceptors (Lipinski definition) is 5. The van der Waals surface area contributed by atoms with Crippen molar-refractivity contribution in [1.29, 1.82) is 0 Å². The molecule has 1 aromatic rings. The predicted molar refractivity (Wildman–Crippen MR) is 95.0 cm³/mol. The molecule has 0 aromatic heterocycles. The number of carbonyl (C=O) groups is 1. The van der Waals surface area contributed by atoms with E-state index in [2.05, 4.69) is 21.0 Å². The molecule has 1 amide bonds. The summed E-state index contributed by atoms with van der Waals surface area (Å²) in [6.45, 7) is 4.52. The number of benzene rings is 1. The number of nitrogens with one attached hydrogen (secondary N) is 3. The van der Waals surface area contributed by atoms with Crippen LogP contribution in [0.3, 0.4) is 0 Å². The van der Waals surface area contributed by atoms with Gasteiger partial charge < -0.3 is 10.6 Å². The van der Waals surface area contributed by atoms with Crippen molar-refractivity contribution in [2.45, 2.75) is 37.8 Å². The maximum Gasteiger partial charge on any atom is 0.251 e. The zero-order valence-electron chi connectivity index (χ0n) is 14.4. The lowest BCUT2D eigenvalue weighted by Crippen LogP contribution is -2.50. The Morgan fingerprint density at radius 3 is 2.42 bits per heavy atom. The van der Waals surface area contributed by atoms with E-state index in [4.69, 9.17) is 4.84 Å². The average Bonchev–Trinajstić information content (AvgIpc) is 2.64. The van der Waals surface area contributed by atoms with Crippen molar-refractivity contribution in [2.75, 3.05) is 38.8 Å². The van der Waals surface area contributed by atoms with Gasteiger partial charge in [-0.15, -0.1) is 0 Å². The molecule has 0 bridgehead atoms. The van der Waals surface area contributed by atoms with Crippen molar-refractivity contribution >= 4 is 11.6 Å². The summed E-state index contributed by atoms with van der Waals surface area (Å²) in [4.78, 5) is 19.8. The van der Waals surface area contributed by atoms with Gasteiger partial charge in [0.2, 0.25) is 0 Å². The summed E-state index contributed by atoms with van der Waals surface area (Å²) in [5.74, 6) is 0.0181. The maximum absolute atomic E-state index is 12.4. The van der Waals surface area contributed by atoms with Gasteiger partial charge >= 0.3 is 0 Å². The second-order valence-corrected chi connectivity index (χ2v) is 6.65. The third-order valence-electron chi connectivity index (χ3n) is 5.07. The standard InChI is InChI=1S/C18H28N4O2/c1-24-21-16-4-2-14(3-5-16)18(23)20-15-6-8-17(9-7-15)22-12-10-19-11-13-22/h2-5,15,17,19,21H,6-13H2,1H3,(H,20,23). The number of anilines is 1. The lowest BCUT2D eigenvalue weighted by Gasteiger charge is -2.39. The van der Waals surface area contributed by atoms with E-state index in [1.165, 1.54) is 12.8 Å². The minimum atomic E-state index is 0.0181. The Morgan fingerprint density at radius 1 is 1.12 bits per heavy atom. The van der Waals surface area contributed by atoms with E-state index in [1.807, 2.05) is 24.3 Å². The minimum Gasteiger partial charge on any atom is -0.349 e. The summed E-state index contributed by atoms with van der Waals surface area (Å²) >= 11 is 0. The molecule has 132 valence electrons. The Balaban J connectivity index is 1.45. The lowest BCUT2D eigenvalue weighted by atomic mass is 9.89. The highest BCUT2D eigenvalue weighted by Crippen LogP contribution is 2.24. The number of piperazine rings is 1. The fourth-order valence-corrected chi connectivity index (χ4v) is 3.71. The fraction of sp³-hybridized carbons (Fsp3) is 0.611. The largest absolute Gasteiger partial charge is 0.349 e. The second-order valence-electron chi connectivity index (χ2n) is 6.65. The number of hydrogen-bond donors (Lipinski definition) is 3. The third-order valence-corrected chi connectivity index (χ3v) is 5.07. The van der Waals surface area contributed by atoms with Crippen LogP contribution in [0.1, 0.15) is 36.0 Å². The van der Waals surface area contributed by atoms with Gasteiger partial charge in [0.1, 0.15) is 0 Å². The normalized spacial score (nSPS) is 25.2. The molecule has 1 saturated heterocycles. The van der Waals surface area contributed by atoms with Crippen molar-refractivity contribution in [1.82, 2.24) is 15.5 Å². The molecule has 1 aliphatic carbocycles. The zero-order chi connectivity index (χ0) is 16.8. The number of nitrogens with zero attached hydrogens (tertiary/aromatic N) is 1. The Morgan fingerprint density at radius 2 is 1.79 bits per heavy atom. The first-order valence-corrected chi connectivity index (χ1v) is 8.91. The van der Waals surface area contributed by atoms with Crippen LogP contribution < -0.4 is 16.1 Å². The van der Waals surface area contributed by atoms with Crippen LogP contribution >= 0.6 is 0 Å². The van der Waals surface area contributed by atoms with E-state index in [-0.39, 0.29) is 5.91 Å². The van der Waals surface area contributed by atoms with Crippen LogP contribution in [-0.2, 0) is 4.84 Å². The van der Waals surface area contributed by atoms with E-state index in [1.54, 1.807) is 7.11 Å². The summed E-state index contributed by atoms with van der Waals surface area (Å²) in [6.07, 6.45) is 4.51. The quantitative estimate of drug-likeness (QED) is 0.715. The highest BCUT2D eigenvalue weighted by Gasteiger charge is 2.27. The number of rotatable bonds is 5. The Hall–Kier alpha value is -1.63. The van der Waals surface area contributed by atoms with Gasteiger partial charge in [-0.2, -0.15) is 0 Å². The average molecular weight is 332 g/mol. The molecular formula is C18H28N4O2. The smallest absolute Gasteiger partial charge is 0.251 e. The predicted octanol–water partition coefficient (Wildman–Crippen LogP) is 1.61. The molecule has 1 aliphatic heterocycles. The van der Waals surface area contributed by atoms with Gasteiger partial charge in [0.05, 0.1) is 12.8 Å². The molecule has 3 rings (SSSR count). The van der Waals surface area contributed by atoms with Gasteiger partial charge in [0.25, 0.3) is 5.91 Å². The number of amides is 1. The first-order valence-electron chi connectivity index (χ1n) is 8.91. The van der Waals surface area contributed by atoms with E-state index in [9.17, 15) is 4.79 Å². The van der Waals surface area contributed by atoms with E-state index in [0.29, 0.717) is 17.6 Å². The topological polar surface area (TPSA) is 65.6 Å². The zero-order valence-corrected chi connectivity index (χ0v) is 14.4. The van der Waals surface area contributed by atoms with Gasteiger partial charge in [-0.1, -0.05) is 0 Å². The first kappa shape index (κ1) is 17.2. The summed E-state index contributed by atoms with van der Waals surface area (Å²) in [7, 11) is 1.57. The van der Waals surface area contributed by atoms with E-state index >= 15 is 0 Å². The SMILES string of the molecule is CONc1ccc(C(=O)NC2CCC(N3CCNCC3)CC2)cc1. The Labute approximate surface area is 143 Å². The highest BCUT2D eigenvalue weighted by molar-refractivity contribution is 5.94. The lowest BCUT2D eigenvalue weighted by molar-refractivity contribution is 0.0894. The maximum atomic E-state index is 12.4. The van der Waals surface area contributed by atoms with Crippen molar-refractivity contribution in [3.63, 3.8) is 0 Å². The molecule has 0 unspecified atom stereocenters. The molecule has 1 aromatic carbocycles. The van der Waals surface area contributed by atoms with Gasteiger partial charge in [-0.25, -0.2) is 0 Å². The van der Waals surface area contributed by atoms with Crippen molar-refractivity contribution < 1.29 is 9.63 Å². The summed E-state index contributed by atoms with van der Waals surface area (Å²) in [5, 5.41) is 6.60. The van der Waals surface area contributed by atoms with E-state index < -0.39 is 0 Å². The number of carbonyl (C=O) groups excluding carboxylic acids is 1. The minimum absolute atomic E-state index is 0.0181. The van der Waals surface area contributed by atoms with Crippen LogP contribution in [-0.4, -0.2) is 56.2 Å².